The van der Waals surface area contributed by atoms with Gasteiger partial charge in [0, 0.05) is 6.42 Å². The van der Waals surface area contributed by atoms with Crippen molar-refractivity contribution in [3.63, 3.8) is 0 Å². The standard InChI is InChI=1S/C13H19N3O3/c1-3-12(15-16-13(17)18-2)14-9-10-19-11-7-5-4-6-8-11/h4-8H,3,9-10H2,1-2H3,(H,14,15)(H,16,17). The topological polar surface area (TPSA) is 72.0 Å². The number of hydrogen-bond donors (Lipinski definition) is 2. The number of hydrazine groups is 1. The van der Waals surface area contributed by atoms with Crippen LogP contribution in [0, 0.1) is 0 Å². The molecule has 6 heteroatoms. The average molecular weight is 265 g/mol. The fourth-order valence-electron chi connectivity index (χ4n) is 1.27. The van der Waals surface area contributed by atoms with Crippen LogP contribution in [0.4, 0.5) is 4.79 Å². The maximum Gasteiger partial charge on any atom is 0.425 e. The van der Waals surface area contributed by atoms with Gasteiger partial charge >= 0.3 is 6.09 Å². The average Bonchev–Trinajstić information content (AvgIpc) is 2.47. The number of benzene rings is 1. The zero-order valence-electron chi connectivity index (χ0n) is 11.2. The SMILES string of the molecule is CCC(=NCCOc1ccccc1)NNC(=O)OC. The van der Waals surface area contributed by atoms with Gasteiger partial charge in [-0.2, -0.15) is 0 Å². The molecule has 0 atom stereocenters. The summed E-state index contributed by atoms with van der Waals surface area (Å²) in [6, 6.07) is 9.54. The summed E-state index contributed by atoms with van der Waals surface area (Å²) in [6.07, 6.45) is 0.122. The first-order valence-electron chi connectivity index (χ1n) is 6.07. The molecule has 0 unspecified atom stereocenters. The number of carbonyl (C=O) groups excluding carboxylic acids is 1. The van der Waals surface area contributed by atoms with Crippen molar-refractivity contribution in [3.8, 4) is 5.75 Å². The first-order valence-corrected chi connectivity index (χ1v) is 6.07. The van der Waals surface area contributed by atoms with E-state index >= 15 is 0 Å². The van der Waals surface area contributed by atoms with Crippen molar-refractivity contribution < 1.29 is 14.3 Å². The molecular weight excluding hydrogens is 246 g/mol. The van der Waals surface area contributed by atoms with Gasteiger partial charge < -0.3 is 9.47 Å². The van der Waals surface area contributed by atoms with Crippen LogP contribution in [0.5, 0.6) is 5.75 Å². The Morgan fingerprint density at radius 3 is 2.63 bits per heavy atom. The van der Waals surface area contributed by atoms with Gasteiger partial charge in [-0.3, -0.25) is 10.4 Å². The van der Waals surface area contributed by atoms with E-state index in [1.807, 2.05) is 37.3 Å². The Labute approximate surface area is 112 Å². The molecule has 104 valence electrons. The van der Waals surface area contributed by atoms with Crippen molar-refractivity contribution in [2.24, 2.45) is 4.99 Å². The van der Waals surface area contributed by atoms with Crippen LogP contribution in [0.15, 0.2) is 35.3 Å². The second-order valence-corrected chi connectivity index (χ2v) is 3.59. The minimum absolute atomic E-state index is 0.480. The molecule has 19 heavy (non-hydrogen) atoms. The summed E-state index contributed by atoms with van der Waals surface area (Å²) in [5, 5.41) is 0. The Kier molecular flexibility index (Phi) is 6.86. The number of amidine groups is 1. The van der Waals surface area contributed by atoms with Gasteiger partial charge in [0.05, 0.1) is 13.7 Å². The lowest BCUT2D eigenvalue weighted by Gasteiger charge is -2.09. The van der Waals surface area contributed by atoms with Crippen LogP contribution >= 0.6 is 0 Å². The third-order valence-corrected chi connectivity index (χ3v) is 2.24. The van der Waals surface area contributed by atoms with Gasteiger partial charge in [0.25, 0.3) is 0 Å². The van der Waals surface area contributed by atoms with E-state index in [-0.39, 0.29) is 0 Å². The minimum Gasteiger partial charge on any atom is -0.492 e. The van der Waals surface area contributed by atoms with E-state index in [0.717, 1.165) is 5.75 Å². The molecule has 1 aromatic carbocycles. The molecule has 1 amide bonds. The molecule has 0 heterocycles. The number of methoxy groups -OCH3 is 1. The molecule has 0 saturated carbocycles. The molecule has 0 aliphatic rings. The number of nitrogens with zero attached hydrogens (tertiary/aromatic N) is 1. The summed E-state index contributed by atoms with van der Waals surface area (Å²) in [5.41, 5.74) is 5.05. The highest BCUT2D eigenvalue weighted by molar-refractivity contribution is 5.83. The Morgan fingerprint density at radius 2 is 2.00 bits per heavy atom. The van der Waals surface area contributed by atoms with Gasteiger partial charge in [-0.05, 0) is 12.1 Å². The Morgan fingerprint density at radius 1 is 1.26 bits per heavy atom. The number of carbonyl (C=O) groups is 1. The smallest absolute Gasteiger partial charge is 0.425 e. The van der Waals surface area contributed by atoms with Crippen molar-refractivity contribution in [2.75, 3.05) is 20.3 Å². The monoisotopic (exact) mass is 265 g/mol. The zero-order valence-corrected chi connectivity index (χ0v) is 11.2. The predicted molar refractivity (Wildman–Crippen MR) is 73.2 cm³/mol. The van der Waals surface area contributed by atoms with Crippen molar-refractivity contribution in [2.45, 2.75) is 13.3 Å². The molecule has 1 aromatic rings. The molecule has 0 aromatic heterocycles. The second-order valence-electron chi connectivity index (χ2n) is 3.59. The van der Waals surface area contributed by atoms with Crippen LogP contribution in [-0.4, -0.2) is 32.2 Å². The Bertz CT molecular complexity index is 407. The quantitative estimate of drug-likeness (QED) is 0.368. The summed E-state index contributed by atoms with van der Waals surface area (Å²) in [7, 11) is 1.30. The van der Waals surface area contributed by atoms with Crippen LogP contribution < -0.4 is 15.6 Å². The molecule has 0 fully saturated rings. The number of amides is 1. The van der Waals surface area contributed by atoms with Crippen LogP contribution in [0.1, 0.15) is 13.3 Å². The highest BCUT2D eigenvalue weighted by Gasteiger charge is 1.99. The van der Waals surface area contributed by atoms with Crippen molar-refractivity contribution in [1.82, 2.24) is 10.9 Å². The van der Waals surface area contributed by atoms with Crippen LogP contribution in [0.2, 0.25) is 0 Å². The zero-order chi connectivity index (χ0) is 13.9. The maximum atomic E-state index is 10.9. The number of aliphatic imine (C=N–C) groups is 1. The second kappa shape index (κ2) is 8.79. The van der Waals surface area contributed by atoms with E-state index in [4.69, 9.17) is 4.74 Å². The summed E-state index contributed by atoms with van der Waals surface area (Å²) in [6.45, 7) is 2.92. The molecule has 0 saturated heterocycles. The van der Waals surface area contributed by atoms with E-state index in [0.29, 0.717) is 25.4 Å². The molecular formula is C13H19N3O3. The van der Waals surface area contributed by atoms with Gasteiger partial charge in [0.2, 0.25) is 0 Å². The lowest BCUT2D eigenvalue weighted by Crippen LogP contribution is -2.41. The summed E-state index contributed by atoms with van der Waals surface area (Å²) >= 11 is 0. The lowest BCUT2D eigenvalue weighted by atomic mass is 10.3. The number of hydrogen-bond acceptors (Lipinski definition) is 4. The van der Waals surface area contributed by atoms with E-state index in [1.54, 1.807) is 0 Å². The Balaban J connectivity index is 2.27. The Hall–Kier alpha value is -2.24. The maximum absolute atomic E-state index is 10.9. The fourth-order valence-corrected chi connectivity index (χ4v) is 1.27. The van der Waals surface area contributed by atoms with E-state index in [9.17, 15) is 4.79 Å². The van der Waals surface area contributed by atoms with E-state index in [2.05, 4.69) is 20.6 Å². The lowest BCUT2D eigenvalue weighted by molar-refractivity contribution is 0.168. The van der Waals surface area contributed by atoms with Gasteiger partial charge in [0.15, 0.2) is 0 Å². The normalized spacial score (nSPS) is 10.7. The number of ether oxygens (including phenoxy) is 2. The van der Waals surface area contributed by atoms with Gasteiger partial charge in [-0.15, -0.1) is 0 Å². The minimum atomic E-state index is -0.554. The third-order valence-electron chi connectivity index (χ3n) is 2.24. The number of rotatable bonds is 5. The summed E-state index contributed by atoms with van der Waals surface area (Å²) in [4.78, 5) is 15.1. The molecule has 0 aliphatic heterocycles. The molecule has 0 radical (unpaired) electrons. The van der Waals surface area contributed by atoms with Gasteiger partial charge in [-0.25, -0.2) is 10.2 Å². The predicted octanol–water partition coefficient (Wildman–Crippen LogP) is 1.73. The molecule has 0 spiro atoms. The van der Waals surface area contributed by atoms with Crippen LogP contribution in [0.3, 0.4) is 0 Å². The highest BCUT2D eigenvalue weighted by atomic mass is 16.5. The number of para-hydroxylation sites is 1. The molecule has 2 N–H and O–H groups in total. The van der Waals surface area contributed by atoms with E-state index < -0.39 is 6.09 Å². The third kappa shape index (κ3) is 6.30. The summed E-state index contributed by atoms with van der Waals surface area (Å²) in [5.74, 6) is 1.48. The summed E-state index contributed by atoms with van der Waals surface area (Å²) < 4.78 is 9.94. The van der Waals surface area contributed by atoms with Crippen molar-refractivity contribution >= 4 is 11.9 Å². The van der Waals surface area contributed by atoms with Crippen molar-refractivity contribution in [3.05, 3.63) is 30.3 Å². The van der Waals surface area contributed by atoms with Crippen LogP contribution in [0.25, 0.3) is 0 Å². The van der Waals surface area contributed by atoms with Crippen molar-refractivity contribution in [1.29, 1.82) is 0 Å². The van der Waals surface area contributed by atoms with Gasteiger partial charge in [-0.1, -0.05) is 25.1 Å². The molecule has 0 bridgehead atoms. The highest BCUT2D eigenvalue weighted by Crippen LogP contribution is 2.07. The van der Waals surface area contributed by atoms with E-state index in [1.165, 1.54) is 7.11 Å². The van der Waals surface area contributed by atoms with Gasteiger partial charge in [0.1, 0.15) is 18.2 Å². The van der Waals surface area contributed by atoms with Crippen LogP contribution in [-0.2, 0) is 4.74 Å². The first-order chi connectivity index (χ1) is 9.26. The fraction of sp³-hybridized carbons (Fsp3) is 0.385. The molecule has 0 aliphatic carbocycles. The first kappa shape index (κ1) is 14.8. The molecule has 1 rings (SSSR count). The number of nitrogens with one attached hydrogen (secondary N) is 2. The largest absolute Gasteiger partial charge is 0.492 e. The molecule has 6 nitrogen and oxygen atoms in total.